The van der Waals surface area contributed by atoms with Crippen LogP contribution in [0.4, 0.5) is 0 Å². The minimum atomic E-state index is 0.0425. The molecule has 1 aliphatic carbocycles. The summed E-state index contributed by atoms with van der Waals surface area (Å²) in [6.07, 6.45) is 6.16. The van der Waals surface area contributed by atoms with Crippen LogP contribution in [-0.4, -0.2) is 14.2 Å². The zero-order valence-electron chi connectivity index (χ0n) is 12.2. The molecule has 2 rings (SSSR count). The molecule has 3 nitrogen and oxygen atoms in total. The lowest BCUT2D eigenvalue weighted by Gasteiger charge is -2.35. The van der Waals surface area contributed by atoms with E-state index in [0.717, 1.165) is 23.5 Å². The van der Waals surface area contributed by atoms with Crippen LogP contribution in [0.1, 0.15) is 50.6 Å². The second-order valence-corrected chi connectivity index (χ2v) is 5.51. The predicted molar refractivity (Wildman–Crippen MR) is 77.7 cm³/mol. The molecule has 0 bridgehead atoms. The summed E-state index contributed by atoms with van der Waals surface area (Å²) in [4.78, 5) is 0. The first kappa shape index (κ1) is 14.2. The minimum absolute atomic E-state index is 0.0425. The molecule has 0 aromatic heterocycles. The maximum absolute atomic E-state index is 6.59. The van der Waals surface area contributed by atoms with Crippen LogP contribution >= 0.6 is 0 Å². The zero-order valence-corrected chi connectivity index (χ0v) is 12.2. The number of methoxy groups -OCH3 is 2. The van der Waals surface area contributed by atoms with Gasteiger partial charge in [-0.25, -0.2) is 0 Å². The highest BCUT2D eigenvalue weighted by molar-refractivity contribution is 5.43. The monoisotopic (exact) mass is 263 g/mol. The summed E-state index contributed by atoms with van der Waals surface area (Å²) >= 11 is 0. The van der Waals surface area contributed by atoms with Crippen molar-refractivity contribution in [3.8, 4) is 11.5 Å². The van der Waals surface area contributed by atoms with Crippen LogP contribution in [0.5, 0.6) is 11.5 Å². The van der Waals surface area contributed by atoms with E-state index >= 15 is 0 Å². The second-order valence-electron chi connectivity index (χ2n) is 5.51. The van der Waals surface area contributed by atoms with Crippen LogP contribution < -0.4 is 15.2 Å². The van der Waals surface area contributed by atoms with Crippen LogP contribution in [0.2, 0.25) is 0 Å². The number of benzene rings is 1. The molecule has 2 N–H and O–H groups in total. The molecule has 0 heterocycles. The highest BCUT2D eigenvalue weighted by Gasteiger charge is 2.39. The zero-order chi connectivity index (χ0) is 13.9. The Balaban J connectivity index is 2.34. The van der Waals surface area contributed by atoms with Crippen LogP contribution in [0.25, 0.3) is 0 Å². The Hall–Kier alpha value is -1.22. The molecule has 1 aromatic carbocycles. The third-order valence-corrected chi connectivity index (χ3v) is 4.74. The number of ether oxygens (including phenoxy) is 2. The molecular weight excluding hydrogens is 238 g/mol. The fourth-order valence-corrected chi connectivity index (χ4v) is 3.37. The molecule has 1 fully saturated rings. The van der Waals surface area contributed by atoms with Crippen molar-refractivity contribution in [3.63, 3.8) is 0 Å². The standard InChI is InChI=1S/C16H25NO2/c1-4-16(9-5-6-10-16)15(17)13-8-7-12(18-2)11-14(13)19-3/h7-8,11,15H,4-6,9-10,17H2,1-3H3. The fraction of sp³-hybridized carbons (Fsp3) is 0.625. The van der Waals surface area contributed by atoms with Gasteiger partial charge < -0.3 is 15.2 Å². The van der Waals surface area contributed by atoms with Gasteiger partial charge >= 0.3 is 0 Å². The smallest absolute Gasteiger partial charge is 0.127 e. The molecule has 1 aromatic rings. The van der Waals surface area contributed by atoms with Gasteiger partial charge in [0, 0.05) is 17.7 Å². The molecule has 19 heavy (non-hydrogen) atoms. The third kappa shape index (κ3) is 2.57. The maximum Gasteiger partial charge on any atom is 0.127 e. The van der Waals surface area contributed by atoms with Crippen LogP contribution in [-0.2, 0) is 0 Å². The molecular formula is C16H25NO2. The van der Waals surface area contributed by atoms with Crippen molar-refractivity contribution < 1.29 is 9.47 Å². The molecule has 0 aliphatic heterocycles. The van der Waals surface area contributed by atoms with Crippen molar-refractivity contribution in [1.29, 1.82) is 0 Å². The Kier molecular flexibility index (Phi) is 4.35. The van der Waals surface area contributed by atoms with Gasteiger partial charge in [-0.05, 0) is 30.7 Å². The normalized spacial score (nSPS) is 19.2. The maximum atomic E-state index is 6.59. The van der Waals surface area contributed by atoms with Gasteiger partial charge in [-0.2, -0.15) is 0 Å². The van der Waals surface area contributed by atoms with E-state index in [0.29, 0.717) is 0 Å². The lowest BCUT2D eigenvalue weighted by atomic mass is 9.73. The van der Waals surface area contributed by atoms with Crippen molar-refractivity contribution in [2.24, 2.45) is 11.1 Å². The van der Waals surface area contributed by atoms with Crippen molar-refractivity contribution in [3.05, 3.63) is 23.8 Å². The second kappa shape index (κ2) is 5.83. The Labute approximate surface area is 116 Å². The summed E-state index contributed by atoms with van der Waals surface area (Å²) in [5, 5.41) is 0. The summed E-state index contributed by atoms with van der Waals surface area (Å²) in [7, 11) is 3.36. The fourth-order valence-electron chi connectivity index (χ4n) is 3.37. The molecule has 0 spiro atoms. The topological polar surface area (TPSA) is 44.5 Å². The predicted octanol–water partition coefficient (Wildman–Crippen LogP) is 3.67. The van der Waals surface area contributed by atoms with Crippen LogP contribution in [0.15, 0.2) is 18.2 Å². The molecule has 1 saturated carbocycles. The van der Waals surface area contributed by atoms with E-state index in [1.807, 2.05) is 12.1 Å². The minimum Gasteiger partial charge on any atom is -0.497 e. The van der Waals surface area contributed by atoms with Crippen molar-refractivity contribution in [2.45, 2.75) is 45.1 Å². The molecule has 3 heteroatoms. The highest BCUT2D eigenvalue weighted by atomic mass is 16.5. The van der Waals surface area contributed by atoms with Gasteiger partial charge in [-0.1, -0.05) is 25.8 Å². The lowest BCUT2D eigenvalue weighted by Crippen LogP contribution is -2.32. The average Bonchev–Trinajstić information content (AvgIpc) is 2.95. The Morgan fingerprint density at radius 1 is 1.21 bits per heavy atom. The third-order valence-electron chi connectivity index (χ3n) is 4.74. The molecule has 0 radical (unpaired) electrons. The molecule has 1 aliphatic rings. The highest BCUT2D eigenvalue weighted by Crippen LogP contribution is 2.50. The first-order valence-electron chi connectivity index (χ1n) is 7.14. The van der Waals surface area contributed by atoms with Gasteiger partial charge in [0.1, 0.15) is 11.5 Å². The van der Waals surface area contributed by atoms with E-state index in [2.05, 4.69) is 13.0 Å². The van der Waals surface area contributed by atoms with E-state index < -0.39 is 0 Å². The number of rotatable bonds is 5. The lowest BCUT2D eigenvalue weighted by molar-refractivity contribution is 0.218. The Morgan fingerprint density at radius 2 is 1.89 bits per heavy atom. The quantitative estimate of drug-likeness (QED) is 0.881. The molecule has 0 saturated heterocycles. The SMILES string of the molecule is CCC1(C(N)c2ccc(OC)cc2OC)CCCC1. The van der Waals surface area contributed by atoms with Crippen molar-refractivity contribution in [1.82, 2.24) is 0 Å². The molecule has 1 atom stereocenters. The summed E-state index contributed by atoms with van der Waals surface area (Å²) in [5.74, 6) is 1.65. The summed E-state index contributed by atoms with van der Waals surface area (Å²) in [5.41, 5.74) is 7.93. The first-order chi connectivity index (χ1) is 9.16. The van der Waals surface area contributed by atoms with Crippen LogP contribution in [0, 0.1) is 5.41 Å². The van der Waals surface area contributed by atoms with Gasteiger partial charge in [-0.3, -0.25) is 0 Å². The van der Waals surface area contributed by atoms with E-state index in [1.165, 1.54) is 25.7 Å². The Bertz CT molecular complexity index is 425. The largest absolute Gasteiger partial charge is 0.497 e. The number of hydrogen-bond acceptors (Lipinski definition) is 3. The number of nitrogens with two attached hydrogens (primary N) is 1. The van der Waals surface area contributed by atoms with Crippen LogP contribution in [0.3, 0.4) is 0 Å². The van der Waals surface area contributed by atoms with Crippen molar-refractivity contribution >= 4 is 0 Å². The summed E-state index contributed by atoms with van der Waals surface area (Å²) in [6, 6.07) is 5.99. The Morgan fingerprint density at radius 3 is 2.42 bits per heavy atom. The van der Waals surface area contributed by atoms with Gasteiger partial charge in [0.25, 0.3) is 0 Å². The average molecular weight is 263 g/mol. The van der Waals surface area contributed by atoms with Gasteiger partial charge in [-0.15, -0.1) is 0 Å². The summed E-state index contributed by atoms with van der Waals surface area (Å²) in [6.45, 7) is 2.25. The molecule has 106 valence electrons. The first-order valence-corrected chi connectivity index (χ1v) is 7.14. The molecule has 0 amide bonds. The summed E-state index contributed by atoms with van der Waals surface area (Å²) < 4.78 is 10.7. The van der Waals surface area contributed by atoms with Crippen molar-refractivity contribution in [2.75, 3.05) is 14.2 Å². The van der Waals surface area contributed by atoms with E-state index in [9.17, 15) is 0 Å². The van der Waals surface area contributed by atoms with Gasteiger partial charge in [0.05, 0.1) is 14.2 Å². The van der Waals surface area contributed by atoms with Gasteiger partial charge in [0.2, 0.25) is 0 Å². The van der Waals surface area contributed by atoms with E-state index in [-0.39, 0.29) is 11.5 Å². The van der Waals surface area contributed by atoms with E-state index in [1.54, 1.807) is 14.2 Å². The van der Waals surface area contributed by atoms with E-state index in [4.69, 9.17) is 15.2 Å². The van der Waals surface area contributed by atoms with Gasteiger partial charge in [0.15, 0.2) is 0 Å². The number of hydrogen-bond donors (Lipinski definition) is 1. The molecule has 1 unspecified atom stereocenters.